The molecule has 0 amide bonds. The molecule has 0 bridgehead atoms. The second-order valence-corrected chi connectivity index (χ2v) is 6.01. The zero-order valence-corrected chi connectivity index (χ0v) is 17.7. The summed E-state index contributed by atoms with van der Waals surface area (Å²) in [6.07, 6.45) is 5.38. The normalized spacial score (nSPS) is 11.3. The molecule has 0 radical (unpaired) electrons. The second kappa shape index (κ2) is 10.9. The number of hydrogen-bond acceptors (Lipinski definition) is 2. The Hall–Kier alpha value is -2.16. The van der Waals surface area contributed by atoms with Crippen molar-refractivity contribution in [3.63, 3.8) is 0 Å². The van der Waals surface area contributed by atoms with Crippen molar-refractivity contribution in [2.24, 2.45) is 4.99 Å². The molecular formula is C20H25FIN5. The highest BCUT2D eigenvalue weighted by Crippen LogP contribution is 2.19. The molecule has 1 aromatic carbocycles. The largest absolute Gasteiger partial charge is 0.361 e. The van der Waals surface area contributed by atoms with Crippen molar-refractivity contribution in [1.82, 2.24) is 20.6 Å². The molecule has 0 unspecified atom stereocenters. The smallest absolute Gasteiger partial charge is 0.191 e. The van der Waals surface area contributed by atoms with Gasteiger partial charge in [-0.3, -0.25) is 9.98 Å². The number of H-pyrrole nitrogens is 1. The maximum Gasteiger partial charge on any atom is 0.191 e. The van der Waals surface area contributed by atoms with Crippen LogP contribution in [0.5, 0.6) is 0 Å². The minimum absolute atomic E-state index is 0. The summed E-state index contributed by atoms with van der Waals surface area (Å²) >= 11 is 0. The summed E-state index contributed by atoms with van der Waals surface area (Å²) in [5.74, 6) is 0.577. The van der Waals surface area contributed by atoms with E-state index in [2.05, 4.69) is 25.6 Å². The third kappa shape index (κ3) is 6.20. The Morgan fingerprint density at radius 1 is 1.19 bits per heavy atom. The molecule has 2 aromatic heterocycles. The van der Waals surface area contributed by atoms with E-state index in [9.17, 15) is 4.39 Å². The minimum Gasteiger partial charge on any atom is -0.361 e. The number of pyridine rings is 1. The Balaban J connectivity index is 0.00000261. The number of nitrogens with one attached hydrogen (secondary N) is 3. The van der Waals surface area contributed by atoms with Crippen LogP contribution < -0.4 is 10.6 Å². The SMILES string of the molecule is CCNC(=NCCc1ccccn1)NCCc1c[nH]c2cc(F)ccc12.I. The van der Waals surface area contributed by atoms with Gasteiger partial charge in [0.2, 0.25) is 0 Å². The first-order valence-corrected chi connectivity index (χ1v) is 8.94. The first kappa shape index (κ1) is 21.1. The lowest BCUT2D eigenvalue weighted by Gasteiger charge is -2.11. The van der Waals surface area contributed by atoms with Crippen LogP contribution in [-0.4, -0.2) is 35.6 Å². The lowest BCUT2D eigenvalue weighted by Crippen LogP contribution is -2.38. The lowest BCUT2D eigenvalue weighted by molar-refractivity contribution is 0.629. The molecule has 0 fully saturated rings. The predicted octanol–water partition coefficient (Wildman–Crippen LogP) is 3.66. The molecule has 0 spiro atoms. The van der Waals surface area contributed by atoms with Crippen LogP contribution >= 0.6 is 24.0 Å². The maximum atomic E-state index is 13.3. The van der Waals surface area contributed by atoms with E-state index in [0.717, 1.165) is 54.1 Å². The van der Waals surface area contributed by atoms with Gasteiger partial charge in [-0.25, -0.2) is 4.39 Å². The number of guanidine groups is 1. The van der Waals surface area contributed by atoms with Gasteiger partial charge in [0.05, 0.1) is 0 Å². The predicted molar refractivity (Wildman–Crippen MR) is 119 cm³/mol. The van der Waals surface area contributed by atoms with Gasteiger partial charge in [0, 0.05) is 55.0 Å². The van der Waals surface area contributed by atoms with E-state index < -0.39 is 0 Å². The molecule has 2 heterocycles. The number of nitrogens with zero attached hydrogens (tertiary/aromatic N) is 2. The van der Waals surface area contributed by atoms with E-state index in [4.69, 9.17) is 0 Å². The molecule has 0 aliphatic heterocycles. The molecule has 0 saturated carbocycles. The standard InChI is InChI=1S/C20H24FN5.HI/c1-2-22-20(25-12-9-17-5-3-4-10-23-17)24-11-8-15-14-26-19-13-16(21)6-7-18(15)19;/h3-7,10,13-14,26H,2,8-9,11-12H2,1H3,(H2,22,24,25);1H. The Kier molecular flexibility index (Phi) is 8.50. The third-order valence-electron chi connectivity index (χ3n) is 4.12. The molecule has 0 atom stereocenters. The molecule has 0 aliphatic carbocycles. The highest BCUT2D eigenvalue weighted by Gasteiger charge is 2.05. The van der Waals surface area contributed by atoms with Crippen molar-refractivity contribution in [1.29, 1.82) is 0 Å². The Morgan fingerprint density at radius 3 is 2.85 bits per heavy atom. The quantitative estimate of drug-likeness (QED) is 0.274. The first-order chi connectivity index (χ1) is 12.8. The van der Waals surface area contributed by atoms with Crippen LogP contribution in [-0.2, 0) is 12.8 Å². The van der Waals surface area contributed by atoms with Crippen molar-refractivity contribution in [3.8, 4) is 0 Å². The second-order valence-electron chi connectivity index (χ2n) is 6.01. The van der Waals surface area contributed by atoms with Gasteiger partial charge in [0.1, 0.15) is 5.82 Å². The van der Waals surface area contributed by atoms with Crippen LogP contribution in [0.2, 0.25) is 0 Å². The molecule has 27 heavy (non-hydrogen) atoms. The molecular weight excluding hydrogens is 456 g/mol. The van der Waals surface area contributed by atoms with Crippen LogP contribution in [0, 0.1) is 5.82 Å². The van der Waals surface area contributed by atoms with E-state index in [1.54, 1.807) is 6.20 Å². The minimum atomic E-state index is -0.224. The van der Waals surface area contributed by atoms with Crippen LogP contribution in [0.4, 0.5) is 4.39 Å². The van der Waals surface area contributed by atoms with Gasteiger partial charge in [0.15, 0.2) is 5.96 Å². The van der Waals surface area contributed by atoms with Gasteiger partial charge in [-0.05, 0) is 49.2 Å². The van der Waals surface area contributed by atoms with Gasteiger partial charge in [-0.2, -0.15) is 0 Å². The van der Waals surface area contributed by atoms with Crippen molar-refractivity contribution < 1.29 is 4.39 Å². The summed E-state index contributed by atoms with van der Waals surface area (Å²) in [5.41, 5.74) is 3.03. The molecule has 5 nitrogen and oxygen atoms in total. The summed E-state index contributed by atoms with van der Waals surface area (Å²) in [7, 11) is 0. The van der Waals surface area contributed by atoms with Gasteiger partial charge in [-0.1, -0.05) is 6.07 Å². The number of aliphatic imine (C=N–C) groups is 1. The zero-order valence-electron chi connectivity index (χ0n) is 15.3. The van der Waals surface area contributed by atoms with Gasteiger partial charge < -0.3 is 15.6 Å². The first-order valence-electron chi connectivity index (χ1n) is 8.94. The number of aromatic nitrogens is 2. The van der Waals surface area contributed by atoms with Crippen LogP contribution in [0.3, 0.4) is 0 Å². The van der Waals surface area contributed by atoms with Gasteiger partial charge in [-0.15, -0.1) is 24.0 Å². The molecule has 3 aromatic rings. The average molecular weight is 481 g/mol. The molecule has 0 aliphatic rings. The highest BCUT2D eigenvalue weighted by atomic mass is 127. The molecule has 3 N–H and O–H groups in total. The van der Waals surface area contributed by atoms with Crippen LogP contribution in [0.15, 0.2) is 53.8 Å². The number of halogens is 2. The van der Waals surface area contributed by atoms with E-state index in [-0.39, 0.29) is 29.8 Å². The monoisotopic (exact) mass is 481 g/mol. The molecule has 0 saturated heterocycles. The summed E-state index contributed by atoms with van der Waals surface area (Å²) in [4.78, 5) is 12.0. The highest BCUT2D eigenvalue weighted by molar-refractivity contribution is 14.0. The average Bonchev–Trinajstić information content (AvgIpc) is 3.04. The fourth-order valence-corrected chi connectivity index (χ4v) is 2.85. The summed E-state index contributed by atoms with van der Waals surface area (Å²) < 4.78 is 13.3. The van der Waals surface area contributed by atoms with E-state index in [1.165, 1.54) is 12.1 Å². The fourth-order valence-electron chi connectivity index (χ4n) is 2.85. The summed E-state index contributed by atoms with van der Waals surface area (Å²) in [5, 5.41) is 7.67. The van der Waals surface area contributed by atoms with E-state index >= 15 is 0 Å². The van der Waals surface area contributed by atoms with Gasteiger partial charge >= 0.3 is 0 Å². The Labute approximate surface area is 175 Å². The Morgan fingerprint density at radius 2 is 2.07 bits per heavy atom. The molecule has 144 valence electrons. The van der Waals surface area contributed by atoms with Gasteiger partial charge in [0.25, 0.3) is 0 Å². The van der Waals surface area contributed by atoms with Crippen molar-refractivity contribution >= 4 is 40.8 Å². The molecule has 3 rings (SSSR count). The topological polar surface area (TPSA) is 65.1 Å². The number of aromatic amines is 1. The lowest BCUT2D eigenvalue weighted by atomic mass is 10.1. The number of hydrogen-bond donors (Lipinski definition) is 3. The van der Waals surface area contributed by atoms with Crippen molar-refractivity contribution in [3.05, 3.63) is 65.9 Å². The maximum absolute atomic E-state index is 13.3. The van der Waals surface area contributed by atoms with Crippen molar-refractivity contribution in [2.75, 3.05) is 19.6 Å². The summed E-state index contributed by atoms with van der Waals surface area (Å²) in [6, 6.07) is 10.8. The van der Waals surface area contributed by atoms with Crippen LogP contribution in [0.25, 0.3) is 10.9 Å². The number of rotatable bonds is 7. The Bertz CT molecular complexity index is 863. The fraction of sp³-hybridized carbons (Fsp3) is 0.300. The van der Waals surface area contributed by atoms with Crippen molar-refractivity contribution in [2.45, 2.75) is 19.8 Å². The zero-order chi connectivity index (χ0) is 18.2. The van der Waals surface area contributed by atoms with E-state index in [0.29, 0.717) is 6.54 Å². The summed E-state index contributed by atoms with van der Waals surface area (Å²) in [6.45, 7) is 4.28. The number of fused-ring (bicyclic) bond motifs is 1. The molecule has 7 heteroatoms. The number of benzene rings is 1. The third-order valence-corrected chi connectivity index (χ3v) is 4.12. The van der Waals surface area contributed by atoms with Crippen LogP contribution in [0.1, 0.15) is 18.2 Å². The van der Waals surface area contributed by atoms with E-state index in [1.807, 2.05) is 37.4 Å².